The molecule has 0 rings (SSSR count). The van der Waals surface area contributed by atoms with Gasteiger partial charge in [-0.15, -0.1) is 0 Å². The molecular formula is C2H6Cl3NZr-. The van der Waals surface area contributed by atoms with Crippen molar-refractivity contribution in [3.63, 3.8) is 0 Å². The first-order valence-corrected chi connectivity index (χ1v) is 11.0. The fraction of sp³-hybridized carbons (Fsp3) is 1.00. The molecule has 0 N–H and O–H groups in total. The molecule has 7 heavy (non-hydrogen) atoms. The van der Waals surface area contributed by atoms with Crippen molar-refractivity contribution in [2.75, 3.05) is 14.1 Å². The van der Waals surface area contributed by atoms with Crippen molar-refractivity contribution in [1.82, 2.24) is 0 Å². The van der Waals surface area contributed by atoms with Crippen LogP contribution in [0.25, 0.3) is 5.32 Å². The molecule has 0 radical (unpaired) electrons. The molecule has 0 aromatic carbocycles. The molecule has 0 aliphatic heterocycles. The van der Waals surface area contributed by atoms with Gasteiger partial charge >= 0.3 is 43.7 Å². The van der Waals surface area contributed by atoms with Crippen LogP contribution in [-0.2, 0) is 18.2 Å². The van der Waals surface area contributed by atoms with E-state index in [0.29, 0.717) is 0 Å². The van der Waals surface area contributed by atoms with Gasteiger partial charge in [-0.3, -0.25) is 0 Å². The maximum absolute atomic E-state index is 5.00. The number of halogens is 3. The number of nitrogens with zero attached hydrogens (tertiary/aromatic N) is 1. The van der Waals surface area contributed by atoms with Gasteiger partial charge in [0.2, 0.25) is 0 Å². The van der Waals surface area contributed by atoms with E-state index in [2.05, 4.69) is 5.32 Å². The van der Waals surface area contributed by atoms with Crippen LogP contribution in [0.5, 0.6) is 0 Å². The Hall–Kier alpha value is 1.71. The molecule has 5 heteroatoms. The fourth-order valence-corrected chi connectivity index (χ4v) is 0. The van der Waals surface area contributed by atoms with Gasteiger partial charge < -0.3 is 5.32 Å². The summed E-state index contributed by atoms with van der Waals surface area (Å²) in [6, 6.07) is 0. The molecule has 0 bridgehead atoms. The van der Waals surface area contributed by atoms with E-state index in [-0.39, 0.29) is 0 Å². The maximum atomic E-state index is 5.00. The van der Waals surface area contributed by atoms with E-state index in [1.807, 2.05) is 0 Å². The molecule has 0 unspecified atom stereocenters. The molecule has 0 aliphatic carbocycles. The minimum atomic E-state index is -2.13. The average molecular weight is 242 g/mol. The van der Waals surface area contributed by atoms with E-state index in [0.717, 1.165) is 0 Å². The van der Waals surface area contributed by atoms with Crippen LogP contribution in [0.4, 0.5) is 0 Å². The molecule has 0 amide bonds. The van der Waals surface area contributed by atoms with Gasteiger partial charge in [0.15, 0.2) is 0 Å². The van der Waals surface area contributed by atoms with E-state index in [9.17, 15) is 0 Å². The van der Waals surface area contributed by atoms with E-state index in [1.54, 1.807) is 14.1 Å². The van der Waals surface area contributed by atoms with Gasteiger partial charge in [-0.25, -0.2) is 0 Å². The van der Waals surface area contributed by atoms with Crippen molar-refractivity contribution in [2.24, 2.45) is 0 Å². The SMILES string of the molecule is C[N-]C.[Cl][Zr]([Cl])[Cl]. The quantitative estimate of drug-likeness (QED) is 0.619. The van der Waals surface area contributed by atoms with E-state index in [1.165, 1.54) is 0 Å². The fourth-order valence-electron chi connectivity index (χ4n) is 0. The van der Waals surface area contributed by atoms with E-state index < -0.39 is 18.2 Å². The standard InChI is InChI=1S/C2H6N.3ClH.Zr/c1-3-2;;;;/h1-2H3;3*1H;/q-1;;;;+3/p-3. The first kappa shape index (κ1) is 11.5. The number of hydrogen-bond donors (Lipinski definition) is 0. The van der Waals surface area contributed by atoms with Gasteiger partial charge in [-0.05, 0) is 0 Å². The Bertz CT molecular complexity index is 24.1. The zero-order valence-electron chi connectivity index (χ0n) is 4.08. The first-order valence-electron chi connectivity index (χ1n) is 1.46. The van der Waals surface area contributed by atoms with Crippen LogP contribution in [0.3, 0.4) is 0 Å². The average Bonchev–Trinajstić information content (AvgIpc) is 1.33. The van der Waals surface area contributed by atoms with Gasteiger partial charge in [0, 0.05) is 0 Å². The predicted molar refractivity (Wildman–Crippen MR) is 32.8 cm³/mol. The Morgan fingerprint density at radius 3 is 1.14 bits per heavy atom. The van der Waals surface area contributed by atoms with E-state index >= 15 is 0 Å². The summed E-state index contributed by atoms with van der Waals surface area (Å²) in [4.78, 5) is 0. The normalized spacial score (nSPS) is 6.43. The van der Waals surface area contributed by atoms with Crippen molar-refractivity contribution in [3.05, 3.63) is 5.32 Å². The third kappa shape index (κ3) is 85.8. The number of hydrogen-bond acceptors (Lipinski definition) is 0. The van der Waals surface area contributed by atoms with Gasteiger partial charge in [0.1, 0.15) is 0 Å². The summed E-state index contributed by atoms with van der Waals surface area (Å²) in [5.41, 5.74) is 0. The number of rotatable bonds is 0. The summed E-state index contributed by atoms with van der Waals surface area (Å²) >= 11 is -2.13. The van der Waals surface area contributed by atoms with Crippen LogP contribution in [-0.4, -0.2) is 14.1 Å². The summed E-state index contributed by atoms with van der Waals surface area (Å²) in [6.45, 7) is 0. The topological polar surface area (TPSA) is 14.1 Å². The molecule has 0 atom stereocenters. The minimum absolute atomic E-state index is 1.75. The van der Waals surface area contributed by atoms with Crippen molar-refractivity contribution in [2.45, 2.75) is 0 Å². The molecule has 0 aromatic rings. The van der Waals surface area contributed by atoms with E-state index in [4.69, 9.17) is 25.5 Å². The van der Waals surface area contributed by atoms with Crippen LogP contribution in [0.1, 0.15) is 0 Å². The monoisotopic (exact) mass is 239 g/mol. The van der Waals surface area contributed by atoms with Crippen molar-refractivity contribution in [3.8, 4) is 0 Å². The van der Waals surface area contributed by atoms with Crippen LogP contribution in [0.2, 0.25) is 0 Å². The third-order valence-electron chi connectivity index (χ3n) is 0. The van der Waals surface area contributed by atoms with Crippen molar-refractivity contribution < 1.29 is 18.2 Å². The summed E-state index contributed by atoms with van der Waals surface area (Å²) in [5.74, 6) is 0. The van der Waals surface area contributed by atoms with Crippen LogP contribution >= 0.6 is 25.5 Å². The molecule has 45 valence electrons. The van der Waals surface area contributed by atoms with Gasteiger partial charge in [-0.2, -0.15) is 14.1 Å². The molecule has 0 saturated carbocycles. The summed E-state index contributed by atoms with van der Waals surface area (Å²) < 4.78 is 0. The molecule has 0 heterocycles. The van der Waals surface area contributed by atoms with Crippen LogP contribution in [0, 0.1) is 0 Å². The molecule has 0 aromatic heterocycles. The van der Waals surface area contributed by atoms with Crippen LogP contribution in [0.15, 0.2) is 0 Å². The molecule has 0 aliphatic rings. The first-order chi connectivity index (χ1) is 3.15. The second-order valence-electron chi connectivity index (χ2n) is 0.661. The Kier molecular flexibility index (Phi) is 17.5. The molecule has 0 spiro atoms. The summed E-state index contributed by atoms with van der Waals surface area (Å²) in [7, 11) is 18.5. The van der Waals surface area contributed by atoms with Crippen molar-refractivity contribution >= 4 is 25.5 Å². The summed E-state index contributed by atoms with van der Waals surface area (Å²) in [6.07, 6.45) is 0. The molecule has 0 fully saturated rings. The Morgan fingerprint density at radius 2 is 1.14 bits per heavy atom. The zero-order chi connectivity index (χ0) is 6.28. The van der Waals surface area contributed by atoms with Crippen molar-refractivity contribution in [1.29, 1.82) is 0 Å². The second kappa shape index (κ2) is 10.6. The predicted octanol–water partition coefficient (Wildman–Crippen LogP) is 2.69. The van der Waals surface area contributed by atoms with Gasteiger partial charge in [0.05, 0.1) is 0 Å². The Morgan fingerprint density at radius 1 is 1.14 bits per heavy atom. The summed E-state index contributed by atoms with van der Waals surface area (Å²) in [5, 5.41) is 3.50. The Balaban J connectivity index is 0. The molecule has 0 saturated heterocycles. The van der Waals surface area contributed by atoms with Gasteiger partial charge in [-0.1, -0.05) is 0 Å². The second-order valence-corrected chi connectivity index (χ2v) is 11.9. The Labute approximate surface area is 62.6 Å². The van der Waals surface area contributed by atoms with Crippen LogP contribution < -0.4 is 0 Å². The molecule has 1 nitrogen and oxygen atoms in total. The third-order valence-corrected chi connectivity index (χ3v) is 0. The zero-order valence-corrected chi connectivity index (χ0v) is 8.81. The molecular weight excluding hydrogens is 236 g/mol. The van der Waals surface area contributed by atoms with Gasteiger partial charge in [0.25, 0.3) is 0 Å².